The molecule has 0 saturated carbocycles. The summed E-state index contributed by atoms with van der Waals surface area (Å²) < 4.78 is 40.1. The molecule has 2 amide bonds. The summed E-state index contributed by atoms with van der Waals surface area (Å²) >= 11 is 1.07. The van der Waals surface area contributed by atoms with E-state index in [9.17, 15) is 32.9 Å². The molecule has 0 spiro atoms. The van der Waals surface area contributed by atoms with Crippen molar-refractivity contribution in [3.8, 4) is 11.3 Å². The predicted molar refractivity (Wildman–Crippen MR) is 110 cm³/mol. The number of carbonyl (C=O) groups excluding carboxylic acids is 2. The number of nitrogens with one attached hydrogen (secondary N) is 1. The van der Waals surface area contributed by atoms with Crippen LogP contribution in [-0.2, 0) is 9.59 Å². The van der Waals surface area contributed by atoms with E-state index >= 15 is 0 Å². The largest absolute Gasteiger partial charge is 0.311 e. The summed E-state index contributed by atoms with van der Waals surface area (Å²) in [4.78, 5) is 40.4. The average molecular weight is 462 g/mol. The lowest BCUT2D eigenvalue weighted by Gasteiger charge is -2.16. The number of aromatic nitrogens is 1. The van der Waals surface area contributed by atoms with Gasteiger partial charge in [-0.15, -0.1) is 11.3 Å². The van der Waals surface area contributed by atoms with Crippen molar-refractivity contribution >= 4 is 39.7 Å². The maximum absolute atomic E-state index is 13.6. The van der Waals surface area contributed by atoms with E-state index < -0.39 is 45.8 Å². The first-order valence-corrected chi connectivity index (χ1v) is 10.1. The van der Waals surface area contributed by atoms with Crippen LogP contribution < -0.4 is 10.2 Å². The zero-order valence-corrected chi connectivity index (χ0v) is 16.9. The Kier molecular flexibility index (Phi) is 5.61. The third-order valence-electron chi connectivity index (χ3n) is 4.88. The number of nitro groups is 1. The summed E-state index contributed by atoms with van der Waals surface area (Å²) in [5.41, 5.74) is 0.0248. The molecule has 12 heteroatoms. The summed E-state index contributed by atoms with van der Waals surface area (Å²) in [6.45, 7) is -0.0468. The van der Waals surface area contributed by atoms with Crippen LogP contribution in [0.3, 0.4) is 0 Å². The number of rotatable bonds is 5. The van der Waals surface area contributed by atoms with E-state index in [2.05, 4.69) is 10.3 Å². The molecule has 0 bridgehead atoms. The van der Waals surface area contributed by atoms with Crippen molar-refractivity contribution in [1.82, 2.24) is 4.98 Å². The Morgan fingerprint density at radius 2 is 1.91 bits per heavy atom. The fourth-order valence-electron chi connectivity index (χ4n) is 3.27. The van der Waals surface area contributed by atoms with Crippen molar-refractivity contribution in [2.75, 3.05) is 16.8 Å². The first kappa shape index (κ1) is 21.4. The molecule has 2 heterocycles. The standard InChI is InChI=1S/C20H13F3N4O4S/c21-13-3-1-10(5-15(13)23)16-9-32-20(24-16)25-19(29)11-6-18(28)26(8-11)12-2-4-14(22)17(7-12)27(30)31/h1-5,7,9,11H,6,8H2,(H,24,25,29). The van der Waals surface area contributed by atoms with Crippen LogP contribution in [0.4, 0.5) is 29.7 Å². The summed E-state index contributed by atoms with van der Waals surface area (Å²) in [5, 5.41) is 15.3. The third-order valence-corrected chi connectivity index (χ3v) is 5.64. The number of hydrogen-bond acceptors (Lipinski definition) is 6. The number of thiazole rings is 1. The molecule has 1 fully saturated rings. The van der Waals surface area contributed by atoms with Gasteiger partial charge in [0.1, 0.15) is 0 Å². The lowest BCUT2D eigenvalue weighted by atomic mass is 10.1. The SMILES string of the molecule is O=C(Nc1nc(-c2ccc(F)c(F)c2)cs1)C1CC(=O)N(c2ccc(F)c([N+](=O)[O-])c2)C1. The highest BCUT2D eigenvalue weighted by atomic mass is 32.1. The van der Waals surface area contributed by atoms with Crippen LogP contribution in [0.1, 0.15) is 6.42 Å². The Balaban J connectivity index is 1.46. The minimum absolute atomic E-state index is 0.0468. The zero-order chi connectivity index (χ0) is 23.0. The van der Waals surface area contributed by atoms with Crippen LogP contribution in [-0.4, -0.2) is 28.3 Å². The van der Waals surface area contributed by atoms with Gasteiger partial charge in [0, 0.05) is 30.0 Å². The second kappa shape index (κ2) is 8.38. The number of hydrogen-bond donors (Lipinski definition) is 1. The van der Waals surface area contributed by atoms with Crippen LogP contribution in [0.25, 0.3) is 11.3 Å². The Labute approximate surface area is 182 Å². The summed E-state index contributed by atoms with van der Waals surface area (Å²) in [5.74, 6) is -4.73. The van der Waals surface area contributed by atoms with Crippen molar-refractivity contribution in [3.05, 3.63) is 69.3 Å². The van der Waals surface area contributed by atoms with Gasteiger partial charge in [0.15, 0.2) is 16.8 Å². The minimum Gasteiger partial charge on any atom is -0.311 e. The minimum atomic E-state index is -1.03. The Hall–Kier alpha value is -3.80. The maximum Gasteiger partial charge on any atom is 0.306 e. The number of nitrogens with zero attached hydrogens (tertiary/aromatic N) is 3. The highest BCUT2D eigenvalue weighted by molar-refractivity contribution is 7.14. The van der Waals surface area contributed by atoms with Crippen molar-refractivity contribution in [1.29, 1.82) is 0 Å². The fourth-order valence-corrected chi connectivity index (χ4v) is 3.99. The second-order valence-electron chi connectivity index (χ2n) is 6.95. The van der Waals surface area contributed by atoms with E-state index in [1.165, 1.54) is 17.0 Å². The van der Waals surface area contributed by atoms with Gasteiger partial charge in [-0.3, -0.25) is 19.7 Å². The number of halogens is 3. The number of amides is 2. The van der Waals surface area contributed by atoms with Gasteiger partial charge in [-0.25, -0.2) is 13.8 Å². The van der Waals surface area contributed by atoms with Gasteiger partial charge in [0.2, 0.25) is 17.6 Å². The molecule has 164 valence electrons. The van der Waals surface area contributed by atoms with E-state index in [0.717, 1.165) is 35.6 Å². The molecule has 1 saturated heterocycles. The van der Waals surface area contributed by atoms with Crippen LogP contribution >= 0.6 is 11.3 Å². The molecule has 32 heavy (non-hydrogen) atoms. The average Bonchev–Trinajstić information content (AvgIpc) is 3.37. The number of nitro benzene ring substituents is 1. The van der Waals surface area contributed by atoms with Crippen LogP contribution in [0.5, 0.6) is 0 Å². The molecule has 1 aliphatic heterocycles. The van der Waals surface area contributed by atoms with E-state index in [1.54, 1.807) is 5.38 Å². The molecule has 1 N–H and O–H groups in total. The quantitative estimate of drug-likeness (QED) is 0.454. The van der Waals surface area contributed by atoms with Crippen molar-refractivity contribution in [2.24, 2.45) is 5.92 Å². The monoisotopic (exact) mass is 462 g/mol. The Morgan fingerprint density at radius 1 is 1.16 bits per heavy atom. The van der Waals surface area contributed by atoms with Gasteiger partial charge < -0.3 is 10.2 Å². The highest BCUT2D eigenvalue weighted by Crippen LogP contribution is 2.31. The molecule has 3 aromatic rings. The topological polar surface area (TPSA) is 105 Å². The molecule has 4 rings (SSSR count). The molecular formula is C20H13F3N4O4S. The third kappa shape index (κ3) is 4.17. The van der Waals surface area contributed by atoms with Gasteiger partial charge in [-0.2, -0.15) is 4.39 Å². The molecule has 0 aliphatic carbocycles. The molecule has 1 unspecified atom stereocenters. The Morgan fingerprint density at radius 3 is 2.62 bits per heavy atom. The molecule has 1 aromatic heterocycles. The number of benzene rings is 2. The lowest BCUT2D eigenvalue weighted by Crippen LogP contribution is -2.28. The van der Waals surface area contributed by atoms with E-state index in [1.807, 2.05) is 0 Å². The summed E-state index contributed by atoms with van der Waals surface area (Å²) in [6.07, 6.45) is -0.140. The normalized spacial score (nSPS) is 15.8. The molecular weight excluding hydrogens is 449 g/mol. The number of carbonyl (C=O) groups is 2. The highest BCUT2D eigenvalue weighted by Gasteiger charge is 2.36. The van der Waals surface area contributed by atoms with E-state index in [4.69, 9.17) is 0 Å². The van der Waals surface area contributed by atoms with E-state index in [0.29, 0.717) is 11.3 Å². The first-order valence-electron chi connectivity index (χ1n) is 9.19. The number of anilines is 2. The van der Waals surface area contributed by atoms with Crippen LogP contribution in [0, 0.1) is 33.5 Å². The second-order valence-corrected chi connectivity index (χ2v) is 7.81. The fraction of sp³-hybridized carbons (Fsp3) is 0.150. The van der Waals surface area contributed by atoms with Crippen molar-refractivity contribution in [3.63, 3.8) is 0 Å². The predicted octanol–water partition coefficient (Wildman–Crippen LogP) is 4.13. The van der Waals surface area contributed by atoms with Crippen LogP contribution in [0.2, 0.25) is 0 Å². The molecule has 0 radical (unpaired) electrons. The smallest absolute Gasteiger partial charge is 0.306 e. The zero-order valence-electron chi connectivity index (χ0n) is 16.0. The van der Waals surface area contributed by atoms with E-state index in [-0.39, 0.29) is 23.8 Å². The van der Waals surface area contributed by atoms with Crippen LogP contribution in [0.15, 0.2) is 41.8 Å². The first-order chi connectivity index (χ1) is 15.2. The lowest BCUT2D eigenvalue weighted by molar-refractivity contribution is -0.387. The summed E-state index contributed by atoms with van der Waals surface area (Å²) in [7, 11) is 0. The molecule has 1 atom stereocenters. The van der Waals surface area contributed by atoms with Gasteiger partial charge >= 0.3 is 5.69 Å². The van der Waals surface area contributed by atoms with Crippen molar-refractivity contribution in [2.45, 2.75) is 6.42 Å². The Bertz CT molecular complexity index is 1250. The van der Waals surface area contributed by atoms with Gasteiger partial charge in [0.25, 0.3) is 0 Å². The maximum atomic E-state index is 13.6. The summed E-state index contributed by atoms with van der Waals surface area (Å²) in [6, 6.07) is 6.39. The molecule has 2 aromatic carbocycles. The van der Waals surface area contributed by atoms with Crippen molar-refractivity contribution < 1.29 is 27.7 Å². The molecule has 8 nitrogen and oxygen atoms in total. The van der Waals surface area contributed by atoms with Gasteiger partial charge in [-0.05, 0) is 30.3 Å². The molecule has 1 aliphatic rings. The van der Waals surface area contributed by atoms with Gasteiger partial charge in [0.05, 0.1) is 22.2 Å². The van der Waals surface area contributed by atoms with Gasteiger partial charge in [-0.1, -0.05) is 0 Å².